The van der Waals surface area contributed by atoms with E-state index in [0.717, 1.165) is 93.9 Å². The van der Waals surface area contributed by atoms with Crippen LogP contribution in [0.15, 0.2) is 36.4 Å². The van der Waals surface area contributed by atoms with E-state index in [1.165, 1.54) is 12.0 Å². The van der Waals surface area contributed by atoms with Crippen molar-refractivity contribution in [1.29, 1.82) is 0 Å². The summed E-state index contributed by atoms with van der Waals surface area (Å²) in [5, 5.41) is 3.43. The summed E-state index contributed by atoms with van der Waals surface area (Å²) in [6, 6.07) is 12.2. The number of hydrogen-bond acceptors (Lipinski definition) is 7. The fraction of sp³-hybridized carbons (Fsp3) is 0.676. The van der Waals surface area contributed by atoms with Crippen molar-refractivity contribution in [3.63, 3.8) is 0 Å². The molecule has 244 valence electrons. The number of likely N-dealkylation sites (tertiary alicyclic amines) is 1. The zero-order valence-corrected chi connectivity index (χ0v) is 28.4. The van der Waals surface area contributed by atoms with Gasteiger partial charge in [-0.15, -0.1) is 0 Å². The molecule has 3 atom stereocenters. The highest BCUT2D eigenvalue weighted by atomic mass is 16.6. The molecule has 7 heteroatoms. The van der Waals surface area contributed by atoms with E-state index in [9.17, 15) is 4.79 Å². The topological polar surface area (TPSA) is 72.9 Å². The third-order valence-electron chi connectivity index (χ3n) is 8.78. The number of rotatable bonds is 10. The van der Waals surface area contributed by atoms with Crippen molar-refractivity contribution in [3.05, 3.63) is 58.8 Å². The van der Waals surface area contributed by atoms with Crippen LogP contribution in [0.25, 0.3) is 0 Å². The summed E-state index contributed by atoms with van der Waals surface area (Å²) in [5.41, 5.74) is 4.24. The maximum absolute atomic E-state index is 13.8. The van der Waals surface area contributed by atoms with E-state index in [1.54, 1.807) is 0 Å². The van der Waals surface area contributed by atoms with Crippen LogP contribution < -0.4 is 5.32 Å². The molecule has 0 radical (unpaired) electrons. The largest absolute Gasteiger partial charge is 0.459 e. The normalized spacial score (nSPS) is 22.2. The van der Waals surface area contributed by atoms with Gasteiger partial charge in [-0.2, -0.15) is 0 Å². The standard InChI is InChI=1S/C35H51N3O4.C2H6/c1-34(2,3)42-33(39)31(29-14-7-6-13-28(29)30-23-35(4,5)18-22-41-30)38-20-17-27(24-38)40-21-9-8-12-26-16-15-25-11-10-19-36-32(25)37-26;1-2/h6-7,13-16,27,30-31H,8-12,17-24H2,1-5H3,(H,36,37);1-2H3. The maximum atomic E-state index is 13.8. The Balaban J connectivity index is 0.00000216. The van der Waals surface area contributed by atoms with Gasteiger partial charge in [0, 0.05) is 38.5 Å². The van der Waals surface area contributed by atoms with E-state index in [-0.39, 0.29) is 23.6 Å². The molecule has 1 aromatic heterocycles. The molecule has 7 nitrogen and oxygen atoms in total. The molecule has 2 saturated heterocycles. The quantitative estimate of drug-likeness (QED) is 0.218. The molecule has 4 heterocycles. The SMILES string of the molecule is CC.CC1(C)CCOC(c2ccccc2C(C(=O)OC(C)(C)C)N2CCC(OCCCCc3ccc4c(n3)NCCC4)C2)C1. The average molecular weight is 608 g/mol. The predicted octanol–water partition coefficient (Wildman–Crippen LogP) is 7.84. The van der Waals surface area contributed by atoms with Gasteiger partial charge in [0.05, 0.1) is 12.2 Å². The summed E-state index contributed by atoms with van der Waals surface area (Å²) in [6.45, 7) is 18.4. The molecule has 44 heavy (non-hydrogen) atoms. The van der Waals surface area contributed by atoms with Gasteiger partial charge in [0.2, 0.25) is 0 Å². The first-order valence-electron chi connectivity index (χ1n) is 17.1. The van der Waals surface area contributed by atoms with Gasteiger partial charge in [-0.25, -0.2) is 9.78 Å². The lowest BCUT2D eigenvalue weighted by atomic mass is 9.79. The first-order chi connectivity index (χ1) is 21.1. The van der Waals surface area contributed by atoms with Crippen molar-refractivity contribution < 1.29 is 19.0 Å². The minimum atomic E-state index is -0.563. The zero-order chi connectivity index (χ0) is 31.7. The van der Waals surface area contributed by atoms with Crippen molar-refractivity contribution >= 4 is 11.8 Å². The molecule has 2 fully saturated rings. The summed E-state index contributed by atoms with van der Waals surface area (Å²) in [4.78, 5) is 20.9. The minimum absolute atomic E-state index is 0.0232. The number of aromatic nitrogens is 1. The van der Waals surface area contributed by atoms with Crippen LogP contribution in [0.1, 0.15) is 122 Å². The number of hydrogen-bond donors (Lipinski definition) is 1. The van der Waals surface area contributed by atoms with Crippen LogP contribution in [0.5, 0.6) is 0 Å². The van der Waals surface area contributed by atoms with Crippen LogP contribution in [0.2, 0.25) is 0 Å². The Hall–Kier alpha value is -2.48. The fourth-order valence-corrected chi connectivity index (χ4v) is 6.51. The Labute approximate surface area is 266 Å². The van der Waals surface area contributed by atoms with Gasteiger partial charge in [-0.3, -0.25) is 4.90 Å². The first kappa shape index (κ1) is 34.4. The van der Waals surface area contributed by atoms with Gasteiger partial charge >= 0.3 is 5.97 Å². The number of fused-ring (bicyclic) bond motifs is 1. The monoisotopic (exact) mass is 607 g/mol. The number of aryl methyl sites for hydroxylation is 2. The summed E-state index contributed by atoms with van der Waals surface area (Å²) in [7, 11) is 0. The number of carbonyl (C=O) groups is 1. The number of pyridine rings is 1. The Kier molecular flexibility index (Phi) is 12.3. The van der Waals surface area contributed by atoms with Crippen molar-refractivity contribution in [2.45, 2.75) is 124 Å². The Morgan fingerprint density at radius 3 is 2.73 bits per heavy atom. The molecule has 0 spiro atoms. The second-order valence-corrected chi connectivity index (χ2v) is 14.1. The van der Waals surface area contributed by atoms with E-state index in [2.05, 4.69) is 54.4 Å². The van der Waals surface area contributed by atoms with Crippen molar-refractivity contribution in [2.75, 3.05) is 38.2 Å². The summed E-state index contributed by atoms with van der Waals surface area (Å²) < 4.78 is 18.6. The lowest BCUT2D eigenvalue weighted by Gasteiger charge is -2.38. The van der Waals surface area contributed by atoms with Gasteiger partial charge in [-0.05, 0) is 100 Å². The predicted molar refractivity (Wildman–Crippen MR) is 178 cm³/mol. The first-order valence-corrected chi connectivity index (χ1v) is 17.1. The van der Waals surface area contributed by atoms with E-state index in [0.29, 0.717) is 6.54 Å². The van der Waals surface area contributed by atoms with Crippen molar-refractivity contribution in [1.82, 2.24) is 9.88 Å². The van der Waals surface area contributed by atoms with Gasteiger partial charge < -0.3 is 19.5 Å². The molecule has 0 saturated carbocycles. The number of benzene rings is 1. The lowest BCUT2D eigenvalue weighted by Crippen LogP contribution is -2.39. The molecular formula is C37H57N3O4. The Morgan fingerprint density at radius 2 is 1.95 bits per heavy atom. The van der Waals surface area contributed by atoms with Crippen LogP contribution in [-0.2, 0) is 31.8 Å². The van der Waals surface area contributed by atoms with E-state index in [4.69, 9.17) is 19.2 Å². The van der Waals surface area contributed by atoms with Crippen LogP contribution in [-0.4, -0.2) is 60.4 Å². The summed E-state index contributed by atoms with van der Waals surface area (Å²) >= 11 is 0. The number of ether oxygens (including phenoxy) is 3. The second-order valence-electron chi connectivity index (χ2n) is 14.1. The van der Waals surface area contributed by atoms with Crippen LogP contribution >= 0.6 is 0 Å². The van der Waals surface area contributed by atoms with Gasteiger partial charge in [-0.1, -0.05) is 58.0 Å². The smallest absolute Gasteiger partial charge is 0.328 e. The fourth-order valence-electron chi connectivity index (χ4n) is 6.51. The number of nitrogens with zero attached hydrogens (tertiary/aromatic N) is 2. The third kappa shape index (κ3) is 9.51. The molecule has 1 N–H and O–H groups in total. The highest BCUT2D eigenvalue weighted by Gasteiger charge is 2.40. The Bertz CT molecular complexity index is 1210. The van der Waals surface area contributed by atoms with Crippen molar-refractivity contribution in [2.24, 2.45) is 5.41 Å². The average Bonchev–Trinajstić information content (AvgIpc) is 3.45. The molecule has 0 aliphatic carbocycles. The van der Waals surface area contributed by atoms with E-state index < -0.39 is 11.6 Å². The molecule has 3 unspecified atom stereocenters. The van der Waals surface area contributed by atoms with Gasteiger partial charge in [0.1, 0.15) is 17.5 Å². The zero-order valence-electron chi connectivity index (χ0n) is 28.4. The van der Waals surface area contributed by atoms with E-state index >= 15 is 0 Å². The Morgan fingerprint density at radius 1 is 1.16 bits per heavy atom. The molecule has 1 aromatic carbocycles. The summed E-state index contributed by atoms with van der Waals surface area (Å²) in [6.07, 6.45) is 8.30. The lowest BCUT2D eigenvalue weighted by molar-refractivity contribution is -0.161. The molecule has 3 aliphatic heterocycles. The molecule has 2 aromatic rings. The molecule has 0 amide bonds. The number of carbonyl (C=O) groups excluding carboxylic acids is 1. The number of unbranched alkanes of at least 4 members (excludes halogenated alkanes) is 1. The van der Waals surface area contributed by atoms with E-state index in [1.807, 2.05) is 40.7 Å². The molecule has 5 rings (SSSR count). The van der Waals surface area contributed by atoms with Gasteiger partial charge in [0.15, 0.2) is 0 Å². The maximum Gasteiger partial charge on any atom is 0.328 e. The van der Waals surface area contributed by atoms with Crippen LogP contribution in [0.4, 0.5) is 5.82 Å². The number of esters is 1. The second kappa shape index (κ2) is 15.7. The highest BCUT2D eigenvalue weighted by Crippen LogP contribution is 2.43. The molecule has 3 aliphatic rings. The highest BCUT2D eigenvalue weighted by molar-refractivity contribution is 5.79. The van der Waals surface area contributed by atoms with Crippen LogP contribution in [0, 0.1) is 5.41 Å². The minimum Gasteiger partial charge on any atom is -0.459 e. The van der Waals surface area contributed by atoms with Crippen LogP contribution in [0.3, 0.4) is 0 Å². The molecular weight excluding hydrogens is 550 g/mol. The van der Waals surface area contributed by atoms with Gasteiger partial charge in [0.25, 0.3) is 0 Å². The number of anilines is 1. The summed E-state index contributed by atoms with van der Waals surface area (Å²) in [5.74, 6) is 0.874. The number of nitrogens with one attached hydrogen (secondary N) is 1. The van der Waals surface area contributed by atoms with Crippen molar-refractivity contribution in [3.8, 4) is 0 Å². The molecule has 0 bridgehead atoms. The third-order valence-corrected chi connectivity index (χ3v) is 8.78.